The van der Waals surface area contributed by atoms with Gasteiger partial charge in [0.2, 0.25) is 11.9 Å². The van der Waals surface area contributed by atoms with Gasteiger partial charge in [0.05, 0.1) is 12.1 Å². The standard InChI is InChI=1S/C23H32FN5O3/c1-15-9-20(11-22(31)32-15)29(2)8-7-21(30)28-19(12-24)10-16-3-5-17(6-4-16)18-13-26-23(25)27-14-18/h3-6,13-15,19-20,22,31H,7-12H2,1-2H3,(H,28,30)(H2,25,26,27)/t15-,19?,20?,22?/m1/s1. The largest absolute Gasteiger partial charge is 0.368 e. The number of nitrogens with zero attached hydrogens (tertiary/aromatic N) is 3. The number of hydrogen-bond acceptors (Lipinski definition) is 7. The van der Waals surface area contributed by atoms with Crippen LogP contribution in [-0.4, -0.2) is 70.6 Å². The molecule has 174 valence electrons. The van der Waals surface area contributed by atoms with E-state index < -0.39 is 19.0 Å². The minimum absolute atomic E-state index is 0.0186. The second-order valence-electron chi connectivity index (χ2n) is 8.41. The first kappa shape index (κ1) is 24.0. The van der Waals surface area contributed by atoms with E-state index in [1.165, 1.54) is 0 Å². The van der Waals surface area contributed by atoms with Gasteiger partial charge in [-0.05, 0) is 37.9 Å². The summed E-state index contributed by atoms with van der Waals surface area (Å²) < 4.78 is 18.9. The molecule has 4 N–H and O–H groups in total. The van der Waals surface area contributed by atoms with Crippen molar-refractivity contribution in [2.24, 2.45) is 0 Å². The van der Waals surface area contributed by atoms with Crippen molar-refractivity contribution < 1.29 is 19.0 Å². The molecule has 1 aromatic carbocycles. The zero-order valence-electron chi connectivity index (χ0n) is 18.6. The van der Waals surface area contributed by atoms with E-state index in [9.17, 15) is 14.3 Å². The molecule has 1 amide bonds. The summed E-state index contributed by atoms with van der Waals surface area (Å²) in [4.78, 5) is 22.4. The maximum absolute atomic E-state index is 13.6. The summed E-state index contributed by atoms with van der Waals surface area (Å²) in [6.07, 6.45) is 4.52. The normalized spacial score (nSPS) is 22.0. The molecule has 2 heterocycles. The number of halogens is 1. The third-order valence-corrected chi connectivity index (χ3v) is 5.77. The van der Waals surface area contributed by atoms with Crippen LogP contribution >= 0.6 is 0 Å². The Bertz CT molecular complexity index is 855. The Hall–Kier alpha value is -2.62. The summed E-state index contributed by atoms with van der Waals surface area (Å²) in [5.74, 6) is 0.0359. The molecule has 8 nitrogen and oxygen atoms in total. The second-order valence-corrected chi connectivity index (χ2v) is 8.41. The molecular weight excluding hydrogens is 413 g/mol. The fourth-order valence-corrected chi connectivity index (χ4v) is 3.96. The van der Waals surface area contributed by atoms with Crippen LogP contribution in [0.4, 0.5) is 10.3 Å². The predicted molar refractivity (Wildman–Crippen MR) is 120 cm³/mol. The molecule has 3 rings (SSSR count). The number of aliphatic hydroxyl groups is 1. The monoisotopic (exact) mass is 445 g/mol. The molecule has 1 aromatic heterocycles. The first-order valence-corrected chi connectivity index (χ1v) is 10.9. The van der Waals surface area contributed by atoms with Gasteiger partial charge in [0, 0.05) is 43.4 Å². The average Bonchev–Trinajstić information content (AvgIpc) is 2.77. The molecule has 0 aliphatic carbocycles. The molecule has 3 unspecified atom stereocenters. The number of benzene rings is 1. The van der Waals surface area contributed by atoms with Crippen LogP contribution in [0.15, 0.2) is 36.7 Å². The maximum Gasteiger partial charge on any atom is 0.221 e. The summed E-state index contributed by atoms with van der Waals surface area (Å²) in [6, 6.07) is 7.23. The van der Waals surface area contributed by atoms with Gasteiger partial charge in [-0.3, -0.25) is 4.79 Å². The molecule has 1 aliphatic heterocycles. The van der Waals surface area contributed by atoms with Crippen LogP contribution in [-0.2, 0) is 16.0 Å². The van der Waals surface area contributed by atoms with E-state index in [0.29, 0.717) is 19.4 Å². The Morgan fingerprint density at radius 1 is 1.28 bits per heavy atom. The Morgan fingerprint density at radius 3 is 2.59 bits per heavy atom. The van der Waals surface area contributed by atoms with Gasteiger partial charge in [0.15, 0.2) is 6.29 Å². The van der Waals surface area contributed by atoms with E-state index in [1.807, 2.05) is 38.2 Å². The Balaban J connectivity index is 1.47. The lowest BCUT2D eigenvalue weighted by Gasteiger charge is -2.36. The summed E-state index contributed by atoms with van der Waals surface area (Å²) in [7, 11) is 1.93. The summed E-state index contributed by atoms with van der Waals surface area (Å²) in [5, 5.41) is 12.6. The number of rotatable bonds is 9. The number of anilines is 1. The molecule has 0 spiro atoms. The second kappa shape index (κ2) is 11.3. The minimum atomic E-state index is -0.769. The van der Waals surface area contributed by atoms with E-state index in [1.54, 1.807) is 12.4 Å². The fourth-order valence-electron chi connectivity index (χ4n) is 3.96. The van der Waals surface area contributed by atoms with Crippen molar-refractivity contribution in [1.82, 2.24) is 20.2 Å². The predicted octanol–water partition coefficient (Wildman–Crippen LogP) is 1.93. The van der Waals surface area contributed by atoms with E-state index in [4.69, 9.17) is 10.5 Å². The van der Waals surface area contributed by atoms with Gasteiger partial charge >= 0.3 is 0 Å². The van der Waals surface area contributed by atoms with Gasteiger partial charge in [0.25, 0.3) is 0 Å². The SMILES string of the molecule is C[C@@H]1CC(N(C)CCC(=O)NC(CF)Cc2ccc(-c3cnc(N)nc3)cc2)CC(O)O1. The molecule has 1 aliphatic rings. The molecule has 0 radical (unpaired) electrons. The number of carbonyl (C=O) groups excluding carboxylic acids is 1. The lowest BCUT2D eigenvalue weighted by atomic mass is 10.0. The number of aromatic nitrogens is 2. The smallest absolute Gasteiger partial charge is 0.221 e. The lowest BCUT2D eigenvalue weighted by molar-refractivity contribution is -0.173. The van der Waals surface area contributed by atoms with Crippen LogP contribution in [0.3, 0.4) is 0 Å². The molecule has 0 saturated carbocycles. The quantitative estimate of drug-likeness (QED) is 0.540. The number of amides is 1. The Morgan fingerprint density at radius 2 is 1.97 bits per heavy atom. The van der Waals surface area contributed by atoms with Crippen LogP contribution in [0.5, 0.6) is 0 Å². The number of aliphatic hydroxyl groups excluding tert-OH is 1. The molecule has 1 saturated heterocycles. The van der Waals surface area contributed by atoms with Crippen LogP contribution < -0.4 is 11.1 Å². The highest BCUT2D eigenvalue weighted by Gasteiger charge is 2.28. The number of nitrogens with two attached hydrogens (primary N) is 1. The number of alkyl halides is 1. The van der Waals surface area contributed by atoms with E-state index in [2.05, 4.69) is 20.2 Å². The third kappa shape index (κ3) is 6.94. The summed E-state index contributed by atoms with van der Waals surface area (Å²) >= 11 is 0. The fraction of sp³-hybridized carbons (Fsp3) is 0.522. The van der Waals surface area contributed by atoms with Crippen molar-refractivity contribution in [3.05, 3.63) is 42.2 Å². The van der Waals surface area contributed by atoms with Gasteiger partial charge in [-0.1, -0.05) is 24.3 Å². The molecular formula is C23H32FN5O3. The van der Waals surface area contributed by atoms with Crippen molar-refractivity contribution in [2.75, 3.05) is 26.0 Å². The number of carbonyl (C=O) groups is 1. The van der Waals surface area contributed by atoms with Crippen molar-refractivity contribution in [3.63, 3.8) is 0 Å². The molecule has 1 fully saturated rings. The molecule has 0 bridgehead atoms. The van der Waals surface area contributed by atoms with Crippen molar-refractivity contribution in [3.8, 4) is 11.1 Å². The number of ether oxygens (including phenoxy) is 1. The highest BCUT2D eigenvalue weighted by Crippen LogP contribution is 2.22. The zero-order valence-corrected chi connectivity index (χ0v) is 18.6. The van der Waals surface area contributed by atoms with Gasteiger partial charge in [-0.25, -0.2) is 14.4 Å². The molecule has 9 heteroatoms. The van der Waals surface area contributed by atoms with Crippen molar-refractivity contribution >= 4 is 11.9 Å². The highest BCUT2D eigenvalue weighted by molar-refractivity contribution is 5.76. The van der Waals surface area contributed by atoms with Crippen LogP contribution in [0.2, 0.25) is 0 Å². The number of nitrogens with one attached hydrogen (secondary N) is 1. The number of hydrogen-bond donors (Lipinski definition) is 3. The topological polar surface area (TPSA) is 114 Å². The molecule has 4 atom stereocenters. The van der Waals surface area contributed by atoms with Gasteiger partial charge < -0.3 is 25.8 Å². The van der Waals surface area contributed by atoms with Crippen molar-refractivity contribution in [1.29, 1.82) is 0 Å². The van der Waals surface area contributed by atoms with E-state index in [0.717, 1.165) is 23.1 Å². The summed E-state index contributed by atoms with van der Waals surface area (Å²) in [5.41, 5.74) is 8.22. The highest BCUT2D eigenvalue weighted by atomic mass is 19.1. The van der Waals surface area contributed by atoms with Gasteiger partial charge in [-0.2, -0.15) is 0 Å². The summed E-state index contributed by atoms with van der Waals surface area (Å²) in [6.45, 7) is 1.82. The minimum Gasteiger partial charge on any atom is -0.368 e. The Kier molecular flexibility index (Phi) is 8.49. The zero-order chi connectivity index (χ0) is 23.1. The maximum atomic E-state index is 13.6. The lowest BCUT2D eigenvalue weighted by Crippen LogP contribution is -2.45. The molecule has 2 aromatic rings. The Labute approximate surface area is 188 Å². The van der Waals surface area contributed by atoms with E-state index >= 15 is 0 Å². The number of nitrogen functional groups attached to an aromatic ring is 1. The first-order chi connectivity index (χ1) is 15.3. The van der Waals surface area contributed by atoms with Gasteiger partial charge in [-0.15, -0.1) is 0 Å². The first-order valence-electron chi connectivity index (χ1n) is 10.9. The van der Waals surface area contributed by atoms with Crippen LogP contribution in [0.25, 0.3) is 11.1 Å². The van der Waals surface area contributed by atoms with E-state index in [-0.39, 0.29) is 30.4 Å². The molecule has 32 heavy (non-hydrogen) atoms. The average molecular weight is 446 g/mol. The van der Waals surface area contributed by atoms with Crippen LogP contribution in [0.1, 0.15) is 31.7 Å². The van der Waals surface area contributed by atoms with Gasteiger partial charge in [0.1, 0.15) is 6.67 Å². The van der Waals surface area contributed by atoms with Crippen LogP contribution in [0, 0.1) is 0 Å². The third-order valence-electron chi connectivity index (χ3n) is 5.77. The van der Waals surface area contributed by atoms with Crippen molar-refractivity contribution in [2.45, 2.75) is 57.1 Å².